The SMILES string of the molecule is Cc1nn(C)cc1CNC(=O)[C@H]1CCCN(C2CCN(C)CC2)C1. The minimum atomic E-state index is 0.135. The van der Waals surface area contributed by atoms with Crippen LogP contribution in [0.3, 0.4) is 0 Å². The summed E-state index contributed by atoms with van der Waals surface area (Å²) in [6.07, 6.45) is 6.61. The summed E-state index contributed by atoms with van der Waals surface area (Å²) in [5.74, 6) is 0.339. The van der Waals surface area contributed by atoms with Gasteiger partial charge in [0.15, 0.2) is 0 Å². The fraction of sp³-hybridized carbons (Fsp3) is 0.778. The van der Waals surface area contributed by atoms with Gasteiger partial charge in [-0.15, -0.1) is 0 Å². The van der Waals surface area contributed by atoms with Gasteiger partial charge in [0.25, 0.3) is 0 Å². The second-order valence-corrected chi connectivity index (χ2v) is 7.50. The first kappa shape index (κ1) is 17.4. The molecule has 0 bridgehead atoms. The van der Waals surface area contributed by atoms with Gasteiger partial charge in [-0.2, -0.15) is 5.10 Å². The fourth-order valence-corrected chi connectivity index (χ4v) is 4.06. The lowest BCUT2D eigenvalue weighted by molar-refractivity contribution is -0.127. The molecule has 2 aliphatic rings. The monoisotopic (exact) mass is 333 g/mol. The maximum atomic E-state index is 12.6. The van der Waals surface area contributed by atoms with Crippen LogP contribution in [0.15, 0.2) is 6.20 Å². The molecule has 2 fully saturated rings. The molecule has 0 saturated carbocycles. The molecule has 3 rings (SSSR count). The van der Waals surface area contributed by atoms with Crippen LogP contribution in [0.25, 0.3) is 0 Å². The van der Waals surface area contributed by atoms with Crippen LogP contribution in [0.5, 0.6) is 0 Å². The Morgan fingerprint density at radius 1 is 1.25 bits per heavy atom. The van der Waals surface area contributed by atoms with Crippen molar-refractivity contribution in [3.63, 3.8) is 0 Å². The molecule has 3 heterocycles. The molecule has 6 nitrogen and oxygen atoms in total. The number of carbonyl (C=O) groups excluding carboxylic acids is 1. The minimum absolute atomic E-state index is 0.135. The first-order valence-corrected chi connectivity index (χ1v) is 9.22. The summed E-state index contributed by atoms with van der Waals surface area (Å²) < 4.78 is 1.80. The van der Waals surface area contributed by atoms with Crippen LogP contribution in [0.4, 0.5) is 0 Å². The van der Waals surface area contributed by atoms with Crippen LogP contribution >= 0.6 is 0 Å². The van der Waals surface area contributed by atoms with Crippen molar-refractivity contribution in [1.82, 2.24) is 24.9 Å². The highest BCUT2D eigenvalue weighted by Gasteiger charge is 2.31. The van der Waals surface area contributed by atoms with Crippen LogP contribution < -0.4 is 5.32 Å². The molecule has 0 aromatic carbocycles. The number of nitrogens with one attached hydrogen (secondary N) is 1. The van der Waals surface area contributed by atoms with E-state index in [-0.39, 0.29) is 11.8 Å². The molecule has 6 heteroatoms. The van der Waals surface area contributed by atoms with Crippen LogP contribution in [0.1, 0.15) is 36.9 Å². The number of amides is 1. The van der Waals surface area contributed by atoms with E-state index in [1.807, 2.05) is 20.2 Å². The summed E-state index contributed by atoms with van der Waals surface area (Å²) in [4.78, 5) is 17.6. The van der Waals surface area contributed by atoms with E-state index in [9.17, 15) is 4.79 Å². The van der Waals surface area contributed by atoms with Crippen molar-refractivity contribution in [3.8, 4) is 0 Å². The zero-order valence-corrected chi connectivity index (χ0v) is 15.3. The zero-order chi connectivity index (χ0) is 17.1. The first-order valence-electron chi connectivity index (χ1n) is 9.22. The summed E-state index contributed by atoms with van der Waals surface area (Å²) in [5, 5.41) is 7.46. The van der Waals surface area contributed by atoms with E-state index in [2.05, 4.69) is 27.3 Å². The minimum Gasteiger partial charge on any atom is -0.352 e. The summed E-state index contributed by atoms with van der Waals surface area (Å²) in [7, 11) is 4.11. The zero-order valence-electron chi connectivity index (χ0n) is 15.3. The standard InChI is InChI=1S/C18H31N5O/c1-14-16(12-22(3)20-14)11-19-18(24)15-5-4-8-23(13-15)17-6-9-21(2)10-7-17/h12,15,17H,4-11,13H2,1-3H3,(H,19,24)/t15-/m0/s1. The summed E-state index contributed by atoms with van der Waals surface area (Å²) >= 11 is 0. The highest BCUT2D eigenvalue weighted by Crippen LogP contribution is 2.23. The molecule has 134 valence electrons. The third-order valence-electron chi connectivity index (χ3n) is 5.60. The highest BCUT2D eigenvalue weighted by atomic mass is 16.1. The number of hydrogen-bond donors (Lipinski definition) is 1. The average molecular weight is 333 g/mol. The van der Waals surface area contributed by atoms with Gasteiger partial charge in [0.1, 0.15) is 0 Å². The van der Waals surface area contributed by atoms with E-state index in [1.165, 1.54) is 25.9 Å². The molecule has 1 aromatic rings. The Labute approximate surface area is 145 Å². The van der Waals surface area contributed by atoms with Crippen molar-refractivity contribution >= 4 is 5.91 Å². The molecule has 1 aromatic heterocycles. The van der Waals surface area contributed by atoms with Crippen LogP contribution in [-0.2, 0) is 18.4 Å². The van der Waals surface area contributed by atoms with Gasteiger partial charge in [-0.05, 0) is 59.3 Å². The largest absolute Gasteiger partial charge is 0.352 e. The molecule has 24 heavy (non-hydrogen) atoms. The van der Waals surface area contributed by atoms with E-state index in [0.717, 1.165) is 37.2 Å². The van der Waals surface area contributed by atoms with Gasteiger partial charge in [0, 0.05) is 37.9 Å². The normalized spacial score (nSPS) is 24.2. The molecule has 0 spiro atoms. The van der Waals surface area contributed by atoms with E-state index < -0.39 is 0 Å². The van der Waals surface area contributed by atoms with E-state index in [0.29, 0.717) is 12.6 Å². The highest BCUT2D eigenvalue weighted by molar-refractivity contribution is 5.79. The molecule has 1 amide bonds. The average Bonchev–Trinajstić information content (AvgIpc) is 2.91. The van der Waals surface area contributed by atoms with Crippen LogP contribution in [0, 0.1) is 12.8 Å². The van der Waals surface area contributed by atoms with Gasteiger partial charge in [-0.25, -0.2) is 0 Å². The Morgan fingerprint density at radius 3 is 2.67 bits per heavy atom. The van der Waals surface area contributed by atoms with E-state index >= 15 is 0 Å². The summed E-state index contributed by atoms with van der Waals surface area (Å²) in [6.45, 7) is 7.01. The van der Waals surface area contributed by atoms with Gasteiger partial charge in [-0.1, -0.05) is 0 Å². The Hall–Kier alpha value is -1.40. The lowest BCUT2D eigenvalue weighted by atomic mass is 9.93. The molecule has 1 N–H and O–H groups in total. The maximum absolute atomic E-state index is 12.6. The molecule has 2 saturated heterocycles. The molecular formula is C18H31N5O. The molecule has 0 radical (unpaired) electrons. The first-order chi connectivity index (χ1) is 11.5. The number of hydrogen-bond acceptors (Lipinski definition) is 4. The maximum Gasteiger partial charge on any atom is 0.224 e. The van der Waals surface area contributed by atoms with Gasteiger partial charge in [-0.3, -0.25) is 14.4 Å². The van der Waals surface area contributed by atoms with Crippen molar-refractivity contribution < 1.29 is 4.79 Å². The van der Waals surface area contributed by atoms with Crippen LogP contribution in [0.2, 0.25) is 0 Å². The van der Waals surface area contributed by atoms with Crippen molar-refractivity contribution in [1.29, 1.82) is 0 Å². The number of likely N-dealkylation sites (tertiary alicyclic amines) is 2. The smallest absolute Gasteiger partial charge is 0.224 e. The molecule has 2 aliphatic heterocycles. The lowest BCUT2D eigenvalue weighted by Gasteiger charge is -2.41. The molecular weight excluding hydrogens is 302 g/mol. The predicted octanol–water partition coefficient (Wildman–Crippen LogP) is 1.15. The topological polar surface area (TPSA) is 53.4 Å². The number of piperidine rings is 2. The summed E-state index contributed by atoms with van der Waals surface area (Å²) in [6, 6.07) is 0.664. The van der Waals surface area contributed by atoms with Gasteiger partial charge in [0.05, 0.1) is 11.6 Å². The third-order valence-corrected chi connectivity index (χ3v) is 5.60. The molecule has 1 atom stereocenters. The second-order valence-electron chi connectivity index (χ2n) is 7.50. The lowest BCUT2D eigenvalue weighted by Crippen LogP contribution is -2.50. The van der Waals surface area contributed by atoms with Crippen molar-refractivity contribution in [3.05, 3.63) is 17.5 Å². The third kappa shape index (κ3) is 4.16. The number of aryl methyl sites for hydroxylation is 2. The van der Waals surface area contributed by atoms with Crippen molar-refractivity contribution in [2.45, 2.75) is 45.2 Å². The Morgan fingerprint density at radius 2 is 2.00 bits per heavy atom. The van der Waals surface area contributed by atoms with E-state index in [1.54, 1.807) is 4.68 Å². The number of rotatable bonds is 4. The molecule has 0 unspecified atom stereocenters. The second kappa shape index (κ2) is 7.66. The summed E-state index contributed by atoms with van der Waals surface area (Å²) in [5.41, 5.74) is 2.10. The Bertz CT molecular complexity index is 562. The van der Waals surface area contributed by atoms with E-state index in [4.69, 9.17) is 0 Å². The Balaban J connectivity index is 1.50. The van der Waals surface area contributed by atoms with Gasteiger partial charge < -0.3 is 10.2 Å². The van der Waals surface area contributed by atoms with Crippen LogP contribution in [-0.4, -0.2) is 64.8 Å². The number of aromatic nitrogens is 2. The van der Waals surface area contributed by atoms with Gasteiger partial charge in [0.2, 0.25) is 5.91 Å². The van der Waals surface area contributed by atoms with Crippen molar-refractivity contribution in [2.75, 3.05) is 33.2 Å². The quantitative estimate of drug-likeness (QED) is 0.898. The fourth-order valence-electron chi connectivity index (χ4n) is 4.06. The molecule has 0 aliphatic carbocycles. The van der Waals surface area contributed by atoms with Crippen molar-refractivity contribution in [2.24, 2.45) is 13.0 Å². The Kier molecular flexibility index (Phi) is 5.56. The number of carbonyl (C=O) groups is 1. The van der Waals surface area contributed by atoms with Gasteiger partial charge >= 0.3 is 0 Å². The predicted molar refractivity (Wildman–Crippen MR) is 94.6 cm³/mol. The number of nitrogens with zero attached hydrogens (tertiary/aromatic N) is 4.